The van der Waals surface area contributed by atoms with Gasteiger partial charge in [0.25, 0.3) is 0 Å². The van der Waals surface area contributed by atoms with E-state index in [0.717, 1.165) is 31.8 Å². The first-order valence-electron chi connectivity index (χ1n) is 9.06. The molecular formula is C17H31N3O2. The molecule has 0 bridgehead atoms. The minimum Gasteiger partial charge on any atom is -0.388 e. The maximum Gasteiger partial charge on any atom is 0.315 e. The Hall–Kier alpha value is -0.810. The number of hydrogen-bond acceptors (Lipinski definition) is 3. The van der Waals surface area contributed by atoms with Gasteiger partial charge in [-0.2, -0.15) is 0 Å². The number of aliphatic hydroxyl groups is 1. The molecule has 0 radical (unpaired) electrons. The summed E-state index contributed by atoms with van der Waals surface area (Å²) in [5.74, 6) is 0.548. The summed E-state index contributed by atoms with van der Waals surface area (Å²) in [5.41, 5.74) is -0.646. The van der Waals surface area contributed by atoms with E-state index in [4.69, 9.17) is 0 Å². The Kier molecular flexibility index (Phi) is 4.93. The zero-order chi connectivity index (χ0) is 15.6. The average Bonchev–Trinajstić information content (AvgIpc) is 2.41. The third-order valence-corrected chi connectivity index (χ3v) is 6.01. The van der Waals surface area contributed by atoms with Crippen LogP contribution in [0.25, 0.3) is 0 Å². The van der Waals surface area contributed by atoms with Crippen LogP contribution in [-0.2, 0) is 0 Å². The van der Waals surface area contributed by atoms with Crippen molar-refractivity contribution in [3.05, 3.63) is 0 Å². The van der Waals surface area contributed by atoms with Crippen molar-refractivity contribution < 1.29 is 9.90 Å². The summed E-state index contributed by atoms with van der Waals surface area (Å²) in [6.45, 7) is 4.85. The minimum absolute atomic E-state index is 0.131. The van der Waals surface area contributed by atoms with E-state index in [-0.39, 0.29) is 12.1 Å². The number of likely N-dealkylation sites (tertiary alicyclic amines) is 1. The van der Waals surface area contributed by atoms with Crippen molar-refractivity contribution >= 4 is 6.03 Å². The molecule has 3 rings (SSSR count). The number of carbonyl (C=O) groups is 1. The van der Waals surface area contributed by atoms with Gasteiger partial charge in [0.05, 0.1) is 5.60 Å². The Morgan fingerprint density at radius 1 is 1.27 bits per heavy atom. The number of hydrogen-bond donors (Lipinski definition) is 3. The van der Waals surface area contributed by atoms with E-state index >= 15 is 0 Å². The highest BCUT2D eigenvalue weighted by molar-refractivity contribution is 5.74. The molecule has 0 spiro atoms. The second-order valence-corrected chi connectivity index (χ2v) is 7.68. The molecule has 3 N–H and O–H groups in total. The lowest BCUT2D eigenvalue weighted by Gasteiger charge is -2.44. The lowest BCUT2D eigenvalue weighted by molar-refractivity contribution is -0.0291. The predicted octanol–water partition coefficient (Wildman–Crippen LogP) is 1.85. The van der Waals surface area contributed by atoms with Crippen molar-refractivity contribution in [1.29, 1.82) is 0 Å². The molecule has 2 atom stereocenters. The third kappa shape index (κ3) is 3.74. The molecule has 5 heteroatoms. The van der Waals surface area contributed by atoms with E-state index in [2.05, 4.69) is 22.5 Å². The van der Waals surface area contributed by atoms with Crippen molar-refractivity contribution in [2.45, 2.75) is 76.0 Å². The first-order valence-corrected chi connectivity index (χ1v) is 9.06. The molecule has 2 amide bonds. The smallest absolute Gasteiger partial charge is 0.315 e. The Bertz CT molecular complexity index is 393. The van der Waals surface area contributed by atoms with Gasteiger partial charge in [0.1, 0.15) is 0 Å². The van der Waals surface area contributed by atoms with E-state index in [0.29, 0.717) is 12.5 Å². The highest BCUT2D eigenvalue weighted by atomic mass is 16.3. The van der Waals surface area contributed by atoms with Gasteiger partial charge >= 0.3 is 6.03 Å². The summed E-state index contributed by atoms with van der Waals surface area (Å²) in [7, 11) is 0. The van der Waals surface area contributed by atoms with Gasteiger partial charge in [-0.15, -0.1) is 0 Å². The van der Waals surface area contributed by atoms with Gasteiger partial charge in [-0.05, 0) is 64.3 Å². The van der Waals surface area contributed by atoms with Crippen LogP contribution >= 0.6 is 0 Å². The van der Waals surface area contributed by atoms with Gasteiger partial charge in [-0.1, -0.05) is 6.42 Å². The zero-order valence-electron chi connectivity index (χ0n) is 13.8. The molecule has 0 aromatic heterocycles. The van der Waals surface area contributed by atoms with Crippen LogP contribution in [0.15, 0.2) is 0 Å². The standard InChI is InChI=1S/C17H31N3O2/c1-13(19-16(21)18-12-17(22)8-4-9-17)14-5-3-10-20(11-14)15-6-2-7-15/h13-15,22H,2-12H2,1H3,(H2,18,19,21). The molecule has 126 valence electrons. The van der Waals surface area contributed by atoms with E-state index in [1.54, 1.807) is 0 Å². The first-order chi connectivity index (χ1) is 10.6. The van der Waals surface area contributed by atoms with Gasteiger partial charge in [-0.25, -0.2) is 4.79 Å². The van der Waals surface area contributed by atoms with Crippen molar-refractivity contribution in [2.75, 3.05) is 19.6 Å². The number of urea groups is 1. The maximum atomic E-state index is 12.0. The molecule has 0 aromatic carbocycles. The molecule has 1 saturated heterocycles. The molecule has 3 aliphatic rings. The SMILES string of the molecule is CC(NC(=O)NCC1(O)CCC1)C1CCCN(C2CCC2)C1. The van der Waals surface area contributed by atoms with Gasteiger partial charge in [0.15, 0.2) is 0 Å². The fourth-order valence-corrected chi connectivity index (χ4v) is 3.91. The molecular weight excluding hydrogens is 278 g/mol. The lowest BCUT2D eigenvalue weighted by atomic mass is 9.80. The van der Waals surface area contributed by atoms with Crippen LogP contribution < -0.4 is 10.6 Å². The van der Waals surface area contributed by atoms with Crippen molar-refractivity contribution in [3.63, 3.8) is 0 Å². The normalized spacial score (nSPS) is 30.0. The largest absolute Gasteiger partial charge is 0.388 e. The van der Waals surface area contributed by atoms with Crippen LogP contribution in [0.3, 0.4) is 0 Å². The number of carbonyl (C=O) groups excluding carboxylic acids is 1. The molecule has 3 fully saturated rings. The van der Waals surface area contributed by atoms with Gasteiger partial charge < -0.3 is 20.6 Å². The van der Waals surface area contributed by atoms with Gasteiger partial charge in [0, 0.05) is 25.2 Å². The maximum absolute atomic E-state index is 12.0. The van der Waals surface area contributed by atoms with Crippen molar-refractivity contribution in [1.82, 2.24) is 15.5 Å². The second-order valence-electron chi connectivity index (χ2n) is 7.68. The average molecular weight is 309 g/mol. The summed E-state index contributed by atoms with van der Waals surface area (Å²) >= 11 is 0. The van der Waals surface area contributed by atoms with Gasteiger partial charge in [-0.3, -0.25) is 0 Å². The monoisotopic (exact) mass is 309 g/mol. The summed E-state index contributed by atoms with van der Waals surface area (Å²) in [5, 5.41) is 15.9. The molecule has 22 heavy (non-hydrogen) atoms. The number of nitrogens with zero attached hydrogens (tertiary/aromatic N) is 1. The summed E-state index contributed by atoms with van der Waals surface area (Å²) in [6.07, 6.45) is 9.22. The summed E-state index contributed by atoms with van der Waals surface area (Å²) < 4.78 is 0. The Labute approximate surface area is 133 Å². The summed E-state index contributed by atoms with van der Waals surface area (Å²) in [6, 6.07) is 0.865. The first kappa shape index (κ1) is 16.1. The van der Waals surface area contributed by atoms with Crippen LogP contribution in [0.5, 0.6) is 0 Å². The fourth-order valence-electron chi connectivity index (χ4n) is 3.91. The molecule has 2 aliphatic carbocycles. The van der Waals surface area contributed by atoms with Crippen LogP contribution in [0.1, 0.15) is 58.3 Å². The second kappa shape index (κ2) is 6.75. The lowest BCUT2D eigenvalue weighted by Crippen LogP contribution is -2.54. The van der Waals surface area contributed by atoms with Crippen LogP contribution in [0.2, 0.25) is 0 Å². The third-order valence-electron chi connectivity index (χ3n) is 6.01. The fraction of sp³-hybridized carbons (Fsp3) is 0.941. The molecule has 2 unspecified atom stereocenters. The van der Waals surface area contributed by atoms with Crippen molar-refractivity contribution in [3.8, 4) is 0 Å². The summed E-state index contributed by atoms with van der Waals surface area (Å²) in [4.78, 5) is 14.6. The quantitative estimate of drug-likeness (QED) is 0.726. The van der Waals surface area contributed by atoms with Crippen LogP contribution in [0.4, 0.5) is 4.79 Å². The molecule has 5 nitrogen and oxygen atoms in total. The van der Waals surface area contributed by atoms with Crippen LogP contribution in [0, 0.1) is 5.92 Å². The van der Waals surface area contributed by atoms with E-state index in [9.17, 15) is 9.90 Å². The molecule has 1 heterocycles. The highest BCUT2D eigenvalue weighted by Gasteiger charge is 2.35. The van der Waals surface area contributed by atoms with E-state index in [1.807, 2.05) is 0 Å². The Morgan fingerprint density at radius 2 is 2.05 bits per heavy atom. The number of piperidine rings is 1. The number of amides is 2. The van der Waals surface area contributed by atoms with E-state index < -0.39 is 5.60 Å². The minimum atomic E-state index is -0.646. The van der Waals surface area contributed by atoms with Crippen LogP contribution in [-0.4, -0.2) is 53.4 Å². The molecule has 1 aliphatic heterocycles. The highest BCUT2D eigenvalue weighted by Crippen LogP contribution is 2.31. The molecule has 2 saturated carbocycles. The topological polar surface area (TPSA) is 64.6 Å². The zero-order valence-corrected chi connectivity index (χ0v) is 13.8. The number of nitrogens with one attached hydrogen (secondary N) is 2. The van der Waals surface area contributed by atoms with Gasteiger partial charge in [0.2, 0.25) is 0 Å². The predicted molar refractivity (Wildman–Crippen MR) is 86.7 cm³/mol. The number of rotatable bonds is 5. The van der Waals surface area contributed by atoms with E-state index in [1.165, 1.54) is 38.6 Å². The Morgan fingerprint density at radius 3 is 2.64 bits per heavy atom. The Balaban J connectivity index is 1.40. The van der Waals surface area contributed by atoms with Crippen molar-refractivity contribution in [2.24, 2.45) is 5.92 Å². The molecule has 0 aromatic rings.